The van der Waals surface area contributed by atoms with Gasteiger partial charge in [-0.25, -0.2) is 0 Å². The molecule has 0 saturated heterocycles. The lowest BCUT2D eigenvalue weighted by Crippen LogP contribution is -1.95. The first-order valence-corrected chi connectivity index (χ1v) is 3.48. The number of allylic oxidation sites excluding steroid dienone is 2. The summed E-state index contributed by atoms with van der Waals surface area (Å²) in [4.78, 5) is 0. The van der Waals surface area contributed by atoms with Crippen molar-refractivity contribution in [2.75, 3.05) is 0 Å². The molecule has 0 heterocycles. The van der Waals surface area contributed by atoms with Gasteiger partial charge in [-0.3, -0.25) is 0 Å². The molecule has 0 rings (SSSR count). The third-order valence-corrected chi connectivity index (χ3v) is 1.54. The van der Waals surface area contributed by atoms with Gasteiger partial charge in [0.15, 0.2) is 0 Å². The highest BCUT2D eigenvalue weighted by Crippen LogP contribution is 2.15. The van der Waals surface area contributed by atoms with Crippen molar-refractivity contribution in [1.29, 1.82) is 0 Å². The minimum Gasteiger partial charge on any atom is -0.513 e. The Morgan fingerprint density at radius 1 is 1.44 bits per heavy atom. The largest absolute Gasteiger partial charge is 0.513 e. The summed E-state index contributed by atoms with van der Waals surface area (Å²) in [5.41, 5.74) is 1.16. The van der Waals surface area contributed by atoms with Gasteiger partial charge in [0.2, 0.25) is 0 Å². The maximum absolute atomic E-state index is 9.06. The van der Waals surface area contributed by atoms with Crippen molar-refractivity contribution in [3.05, 3.63) is 11.3 Å². The highest BCUT2D eigenvalue weighted by Gasteiger charge is 2.02. The molecule has 0 fully saturated rings. The highest BCUT2D eigenvalue weighted by atomic mass is 16.3. The molecular weight excluding hydrogens is 112 g/mol. The predicted molar refractivity (Wildman–Crippen MR) is 40.5 cm³/mol. The Balaban J connectivity index is 4.16. The van der Waals surface area contributed by atoms with Gasteiger partial charge in [0.1, 0.15) is 0 Å². The smallest absolute Gasteiger partial charge is 0.0886 e. The molecule has 0 saturated carbocycles. The Bertz CT molecular complexity index is 108. The molecule has 0 aliphatic heterocycles. The van der Waals surface area contributed by atoms with E-state index in [0.717, 1.165) is 12.0 Å². The Morgan fingerprint density at radius 3 is 1.89 bits per heavy atom. The minimum atomic E-state index is 0.486. The third-order valence-electron chi connectivity index (χ3n) is 1.54. The van der Waals surface area contributed by atoms with Crippen LogP contribution in [0.4, 0.5) is 0 Å². The summed E-state index contributed by atoms with van der Waals surface area (Å²) >= 11 is 0. The molecule has 1 nitrogen and oxygen atoms in total. The average molecular weight is 128 g/mol. The monoisotopic (exact) mass is 128 g/mol. The molecule has 0 unspecified atom stereocenters. The van der Waals surface area contributed by atoms with Crippen LogP contribution >= 0.6 is 0 Å². The molecule has 0 aromatic rings. The molecule has 0 aromatic heterocycles. The van der Waals surface area contributed by atoms with E-state index < -0.39 is 0 Å². The van der Waals surface area contributed by atoms with Crippen molar-refractivity contribution in [1.82, 2.24) is 0 Å². The molecule has 1 heteroatoms. The summed E-state index contributed by atoms with van der Waals surface area (Å²) in [6, 6.07) is 0. The van der Waals surface area contributed by atoms with Crippen LogP contribution in [0.3, 0.4) is 0 Å². The molecule has 0 bridgehead atoms. The van der Waals surface area contributed by atoms with Gasteiger partial charge in [-0.05, 0) is 24.8 Å². The van der Waals surface area contributed by atoms with E-state index in [4.69, 9.17) is 5.11 Å². The molecule has 1 N–H and O–H groups in total. The van der Waals surface area contributed by atoms with Crippen molar-refractivity contribution in [3.8, 4) is 0 Å². The van der Waals surface area contributed by atoms with Crippen molar-refractivity contribution in [2.45, 2.75) is 34.1 Å². The molecule has 0 amide bonds. The van der Waals surface area contributed by atoms with Gasteiger partial charge in [-0.1, -0.05) is 20.8 Å². The number of hydrogen-bond acceptors (Lipinski definition) is 1. The standard InChI is InChI=1S/C8H16O/c1-5-8(6(2)3)7(4)9/h6,9H,5H2,1-4H3/b8-7+. The first-order chi connectivity index (χ1) is 4.09. The van der Waals surface area contributed by atoms with Crippen LogP contribution < -0.4 is 0 Å². The molecule has 54 valence electrons. The normalized spacial score (nSPS) is 13.9. The van der Waals surface area contributed by atoms with E-state index in [-0.39, 0.29) is 0 Å². The number of rotatable bonds is 2. The maximum Gasteiger partial charge on any atom is 0.0886 e. The van der Waals surface area contributed by atoms with Crippen LogP contribution in [-0.2, 0) is 0 Å². The SMILES string of the molecule is CC/C(=C(/C)O)C(C)C. The molecule has 0 aliphatic rings. The zero-order valence-electron chi connectivity index (χ0n) is 6.73. The van der Waals surface area contributed by atoms with Crippen LogP contribution in [0.2, 0.25) is 0 Å². The lowest BCUT2D eigenvalue weighted by atomic mass is 10.00. The van der Waals surface area contributed by atoms with Gasteiger partial charge >= 0.3 is 0 Å². The minimum absolute atomic E-state index is 0.486. The number of aliphatic hydroxyl groups is 1. The van der Waals surface area contributed by atoms with Crippen LogP contribution in [0.25, 0.3) is 0 Å². The maximum atomic E-state index is 9.06. The van der Waals surface area contributed by atoms with Crippen LogP contribution in [0.1, 0.15) is 34.1 Å². The summed E-state index contributed by atoms with van der Waals surface area (Å²) < 4.78 is 0. The number of hydrogen-bond donors (Lipinski definition) is 1. The van der Waals surface area contributed by atoms with E-state index in [0.29, 0.717) is 11.7 Å². The van der Waals surface area contributed by atoms with Gasteiger partial charge in [-0.15, -0.1) is 0 Å². The second kappa shape index (κ2) is 3.54. The summed E-state index contributed by atoms with van der Waals surface area (Å²) in [5, 5.41) is 9.06. The topological polar surface area (TPSA) is 20.2 Å². The molecule has 0 aliphatic carbocycles. The van der Waals surface area contributed by atoms with E-state index in [1.54, 1.807) is 6.92 Å². The Kier molecular flexibility index (Phi) is 3.36. The van der Waals surface area contributed by atoms with E-state index >= 15 is 0 Å². The van der Waals surface area contributed by atoms with Crippen molar-refractivity contribution < 1.29 is 5.11 Å². The van der Waals surface area contributed by atoms with E-state index in [1.165, 1.54) is 0 Å². The fourth-order valence-corrected chi connectivity index (χ4v) is 1.08. The van der Waals surface area contributed by atoms with Crippen molar-refractivity contribution >= 4 is 0 Å². The highest BCUT2D eigenvalue weighted by molar-refractivity contribution is 5.06. The fraction of sp³-hybridized carbons (Fsp3) is 0.750. The zero-order valence-corrected chi connectivity index (χ0v) is 6.73. The lowest BCUT2D eigenvalue weighted by molar-refractivity contribution is 0.395. The molecule has 0 spiro atoms. The van der Waals surface area contributed by atoms with Gasteiger partial charge in [0, 0.05) is 0 Å². The molecule has 0 aromatic carbocycles. The third kappa shape index (κ3) is 2.54. The molecule has 0 atom stereocenters. The van der Waals surface area contributed by atoms with Gasteiger partial charge < -0.3 is 5.11 Å². The summed E-state index contributed by atoms with van der Waals surface area (Å²) in [6.07, 6.45) is 0.958. The first-order valence-electron chi connectivity index (χ1n) is 3.48. The molecule has 0 radical (unpaired) electrons. The Morgan fingerprint density at radius 2 is 1.89 bits per heavy atom. The summed E-state index contributed by atoms with van der Waals surface area (Å²) in [5.74, 6) is 0.979. The molecule has 9 heavy (non-hydrogen) atoms. The lowest BCUT2D eigenvalue weighted by Gasteiger charge is -2.08. The molecular formula is C8H16O. The first kappa shape index (κ1) is 8.54. The second-order valence-electron chi connectivity index (χ2n) is 2.62. The Labute approximate surface area is 57.4 Å². The van der Waals surface area contributed by atoms with E-state index in [2.05, 4.69) is 20.8 Å². The quantitative estimate of drug-likeness (QED) is 0.567. The van der Waals surface area contributed by atoms with E-state index in [1.807, 2.05) is 0 Å². The van der Waals surface area contributed by atoms with Crippen LogP contribution in [0.15, 0.2) is 11.3 Å². The van der Waals surface area contributed by atoms with Crippen molar-refractivity contribution in [2.24, 2.45) is 5.92 Å². The zero-order chi connectivity index (χ0) is 7.44. The summed E-state index contributed by atoms with van der Waals surface area (Å²) in [7, 11) is 0. The van der Waals surface area contributed by atoms with Gasteiger partial charge in [-0.2, -0.15) is 0 Å². The van der Waals surface area contributed by atoms with Crippen LogP contribution in [0, 0.1) is 5.92 Å². The van der Waals surface area contributed by atoms with Gasteiger partial charge in [0.05, 0.1) is 5.76 Å². The number of aliphatic hydroxyl groups excluding tert-OH is 1. The van der Waals surface area contributed by atoms with E-state index in [9.17, 15) is 0 Å². The van der Waals surface area contributed by atoms with Crippen molar-refractivity contribution in [3.63, 3.8) is 0 Å². The van der Waals surface area contributed by atoms with Gasteiger partial charge in [0.25, 0.3) is 0 Å². The fourth-order valence-electron chi connectivity index (χ4n) is 1.08. The van der Waals surface area contributed by atoms with Crippen LogP contribution in [0.5, 0.6) is 0 Å². The summed E-state index contributed by atoms with van der Waals surface area (Å²) in [6.45, 7) is 8.00. The van der Waals surface area contributed by atoms with Crippen LogP contribution in [-0.4, -0.2) is 5.11 Å². The predicted octanol–water partition coefficient (Wildman–Crippen LogP) is 2.88. The Hall–Kier alpha value is -0.460. The second-order valence-corrected chi connectivity index (χ2v) is 2.62. The average Bonchev–Trinajstić information content (AvgIpc) is 1.64.